The Kier molecular flexibility index (Phi) is 6.59. The molecule has 1 unspecified atom stereocenters. The van der Waals surface area contributed by atoms with Crippen molar-refractivity contribution in [1.82, 2.24) is 10.2 Å². The third kappa shape index (κ3) is 5.26. The molecule has 0 aliphatic carbocycles. The van der Waals surface area contributed by atoms with E-state index in [4.69, 9.17) is 0 Å². The van der Waals surface area contributed by atoms with E-state index in [1.165, 1.54) is 12.8 Å². The molecule has 120 valence electrons. The maximum atomic E-state index is 11.9. The summed E-state index contributed by atoms with van der Waals surface area (Å²) in [4.78, 5) is 26.2. The van der Waals surface area contributed by atoms with E-state index in [1.807, 2.05) is 30.3 Å². The lowest BCUT2D eigenvalue weighted by Gasteiger charge is -2.23. The lowest BCUT2D eigenvalue weighted by atomic mass is 10.1. The lowest BCUT2D eigenvalue weighted by molar-refractivity contribution is -0.121. The van der Waals surface area contributed by atoms with Crippen molar-refractivity contribution in [2.75, 3.05) is 19.6 Å². The Bertz CT molecular complexity index is 481. The van der Waals surface area contributed by atoms with Crippen LogP contribution in [0, 0.1) is 0 Å². The highest BCUT2D eigenvalue weighted by Crippen LogP contribution is 2.11. The van der Waals surface area contributed by atoms with Crippen LogP contribution in [0.2, 0.25) is 0 Å². The van der Waals surface area contributed by atoms with Gasteiger partial charge < -0.3 is 5.32 Å². The molecule has 1 heterocycles. The van der Waals surface area contributed by atoms with Gasteiger partial charge in [-0.2, -0.15) is 0 Å². The van der Waals surface area contributed by atoms with E-state index in [0.717, 1.165) is 18.7 Å². The van der Waals surface area contributed by atoms with Gasteiger partial charge in [0.15, 0.2) is 5.78 Å². The highest BCUT2D eigenvalue weighted by atomic mass is 16.1. The Hall–Kier alpha value is -1.68. The van der Waals surface area contributed by atoms with Gasteiger partial charge >= 0.3 is 0 Å². The quantitative estimate of drug-likeness (QED) is 0.751. The van der Waals surface area contributed by atoms with Gasteiger partial charge in [-0.3, -0.25) is 14.5 Å². The first-order valence-electron chi connectivity index (χ1n) is 8.26. The third-order valence-electron chi connectivity index (χ3n) is 4.26. The molecule has 4 nitrogen and oxygen atoms in total. The second-order valence-electron chi connectivity index (χ2n) is 6.04. The number of hydrogen-bond donors (Lipinski definition) is 1. The molecule has 0 saturated carbocycles. The standard InChI is InChI=1S/C18H26N2O2/c1-15(20-12-5-6-13-20)14-19-18(22)11-7-10-17(21)16-8-3-2-4-9-16/h2-4,8-9,15H,5-7,10-14H2,1H3,(H,19,22). The molecule has 22 heavy (non-hydrogen) atoms. The normalized spacial score (nSPS) is 16.4. The summed E-state index contributed by atoms with van der Waals surface area (Å²) >= 11 is 0. The summed E-state index contributed by atoms with van der Waals surface area (Å²) in [5, 5.41) is 2.98. The number of hydrogen-bond acceptors (Lipinski definition) is 3. The Morgan fingerprint density at radius 2 is 1.82 bits per heavy atom. The maximum absolute atomic E-state index is 11.9. The Labute approximate surface area is 132 Å². The molecule has 0 bridgehead atoms. The van der Waals surface area contributed by atoms with Crippen molar-refractivity contribution >= 4 is 11.7 Å². The number of amides is 1. The van der Waals surface area contributed by atoms with Crippen LogP contribution in [0.25, 0.3) is 0 Å². The van der Waals surface area contributed by atoms with Crippen molar-refractivity contribution in [2.24, 2.45) is 0 Å². The van der Waals surface area contributed by atoms with Crippen molar-refractivity contribution in [1.29, 1.82) is 0 Å². The summed E-state index contributed by atoms with van der Waals surface area (Å²) in [6.45, 7) is 5.14. The van der Waals surface area contributed by atoms with Crippen molar-refractivity contribution in [3.8, 4) is 0 Å². The number of likely N-dealkylation sites (tertiary alicyclic amines) is 1. The number of benzene rings is 1. The highest BCUT2D eigenvalue weighted by Gasteiger charge is 2.18. The predicted molar refractivity (Wildman–Crippen MR) is 87.9 cm³/mol. The zero-order valence-electron chi connectivity index (χ0n) is 13.4. The van der Waals surface area contributed by atoms with Crippen LogP contribution >= 0.6 is 0 Å². The largest absolute Gasteiger partial charge is 0.355 e. The van der Waals surface area contributed by atoms with E-state index in [0.29, 0.717) is 31.8 Å². The zero-order chi connectivity index (χ0) is 15.8. The first kappa shape index (κ1) is 16.7. The van der Waals surface area contributed by atoms with E-state index in [-0.39, 0.29) is 11.7 Å². The summed E-state index contributed by atoms with van der Waals surface area (Å²) in [6, 6.07) is 9.66. The van der Waals surface area contributed by atoms with Crippen molar-refractivity contribution in [3.63, 3.8) is 0 Å². The molecular weight excluding hydrogens is 276 g/mol. The summed E-state index contributed by atoms with van der Waals surface area (Å²) in [5.41, 5.74) is 0.727. The summed E-state index contributed by atoms with van der Waals surface area (Å²) in [5.74, 6) is 0.158. The Balaban J connectivity index is 1.60. The number of nitrogens with zero attached hydrogens (tertiary/aromatic N) is 1. The zero-order valence-corrected chi connectivity index (χ0v) is 13.4. The van der Waals surface area contributed by atoms with Gasteiger partial charge in [-0.25, -0.2) is 0 Å². The van der Waals surface area contributed by atoms with Crippen LogP contribution in [-0.2, 0) is 4.79 Å². The topological polar surface area (TPSA) is 49.4 Å². The number of nitrogens with one attached hydrogen (secondary N) is 1. The first-order valence-corrected chi connectivity index (χ1v) is 8.26. The molecule has 1 atom stereocenters. The fourth-order valence-electron chi connectivity index (χ4n) is 2.84. The van der Waals surface area contributed by atoms with Crippen molar-refractivity contribution in [3.05, 3.63) is 35.9 Å². The number of carbonyl (C=O) groups is 2. The van der Waals surface area contributed by atoms with Gasteiger partial charge in [-0.1, -0.05) is 30.3 Å². The van der Waals surface area contributed by atoms with Gasteiger partial charge in [0.1, 0.15) is 0 Å². The fraction of sp³-hybridized carbons (Fsp3) is 0.556. The molecule has 4 heteroatoms. The molecule has 0 radical (unpaired) electrons. The van der Waals surface area contributed by atoms with E-state index in [9.17, 15) is 9.59 Å². The van der Waals surface area contributed by atoms with Crippen LogP contribution in [0.4, 0.5) is 0 Å². The van der Waals surface area contributed by atoms with Crippen LogP contribution in [0.5, 0.6) is 0 Å². The van der Waals surface area contributed by atoms with E-state index in [1.54, 1.807) is 0 Å². The minimum absolute atomic E-state index is 0.0481. The SMILES string of the molecule is CC(CNC(=O)CCCC(=O)c1ccccc1)N1CCCC1. The summed E-state index contributed by atoms with van der Waals surface area (Å²) in [7, 11) is 0. The minimum Gasteiger partial charge on any atom is -0.355 e. The van der Waals surface area contributed by atoms with E-state index in [2.05, 4.69) is 17.1 Å². The first-order chi connectivity index (χ1) is 10.7. The average molecular weight is 302 g/mol. The number of carbonyl (C=O) groups excluding carboxylic acids is 2. The van der Waals surface area contributed by atoms with Gasteiger partial charge in [0.25, 0.3) is 0 Å². The van der Waals surface area contributed by atoms with Crippen LogP contribution in [0.3, 0.4) is 0 Å². The molecule has 1 saturated heterocycles. The molecule has 1 fully saturated rings. The molecule has 1 aliphatic rings. The maximum Gasteiger partial charge on any atom is 0.220 e. The Morgan fingerprint density at radius 1 is 1.14 bits per heavy atom. The van der Waals surface area contributed by atoms with Crippen LogP contribution in [0.15, 0.2) is 30.3 Å². The minimum atomic E-state index is 0.0481. The van der Waals surface area contributed by atoms with Crippen LogP contribution in [0.1, 0.15) is 49.4 Å². The van der Waals surface area contributed by atoms with Gasteiger partial charge in [-0.15, -0.1) is 0 Å². The summed E-state index contributed by atoms with van der Waals surface area (Å²) in [6.07, 6.45) is 3.99. The molecule has 0 spiro atoms. The van der Waals surface area contributed by atoms with Crippen molar-refractivity contribution < 1.29 is 9.59 Å². The molecule has 1 aliphatic heterocycles. The molecule has 1 aromatic carbocycles. The third-order valence-corrected chi connectivity index (χ3v) is 4.26. The molecule has 0 aromatic heterocycles. The van der Waals surface area contributed by atoms with Gasteiger partial charge in [-0.05, 0) is 39.3 Å². The second kappa shape index (κ2) is 8.69. The van der Waals surface area contributed by atoms with Crippen LogP contribution < -0.4 is 5.32 Å². The monoisotopic (exact) mass is 302 g/mol. The number of ketones is 1. The van der Waals surface area contributed by atoms with Gasteiger partial charge in [0.2, 0.25) is 5.91 Å². The highest BCUT2D eigenvalue weighted by molar-refractivity contribution is 5.96. The molecule has 1 aromatic rings. The van der Waals surface area contributed by atoms with E-state index >= 15 is 0 Å². The molecule has 1 N–H and O–H groups in total. The second-order valence-corrected chi connectivity index (χ2v) is 6.04. The van der Waals surface area contributed by atoms with Crippen molar-refractivity contribution in [2.45, 2.75) is 45.1 Å². The van der Waals surface area contributed by atoms with Gasteiger partial charge in [0.05, 0.1) is 0 Å². The molecule has 1 amide bonds. The molecule has 2 rings (SSSR count). The Morgan fingerprint density at radius 3 is 2.50 bits per heavy atom. The van der Waals surface area contributed by atoms with Gasteiger partial charge in [0, 0.05) is 31.0 Å². The fourth-order valence-corrected chi connectivity index (χ4v) is 2.84. The number of Topliss-reactive ketones (excluding diaryl/α,β-unsaturated/α-hetero) is 1. The summed E-state index contributed by atoms with van der Waals surface area (Å²) < 4.78 is 0. The average Bonchev–Trinajstić information content (AvgIpc) is 3.08. The van der Waals surface area contributed by atoms with Crippen LogP contribution in [-0.4, -0.2) is 42.3 Å². The smallest absolute Gasteiger partial charge is 0.220 e. The predicted octanol–water partition coefficient (Wildman–Crippen LogP) is 2.64. The molecular formula is C18H26N2O2. The number of rotatable bonds is 8. The lowest BCUT2D eigenvalue weighted by Crippen LogP contribution is -2.40. The van der Waals surface area contributed by atoms with E-state index < -0.39 is 0 Å².